The van der Waals surface area contributed by atoms with Crippen molar-refractivity contribution in [1.82, 2.24) is 20.6 Å². The fraction of sp³-hybridized carbons (Fsp3) is 0.450. The van der Waals surface area contributed by atoms with Gasteiger partial charge in [-0.1, -0.05) is 37.3 Å². The van der Waals surface area contributed by atoms with E-state index < -0.39 is 44.5 Å². The number of aryl methyl sites for hydroxylation is 1. The maximum atomic E-state index is 14.0. The molecule has 2 aromatic rings. The second-order valence-electron chi connectivity index (χ2n) is 7.73. The Bertz CT molecular complexity index is 1120. The van der Waals surface area contributed by atoms with Crippen molar-refractivity contribution >= 4 is 38.3 Å². The first-order chi connectivity index (χ1) is 15.6. The lowest BCUT2D eigenvalue weighted by Crippen LogP contribution is -2.54. The van der Waals surface area contributed by atoms with E-state index in [-0.39, 0.29) is 0 Å². The van der Waals surface area contributed by atoms with Crippen LogP contribution in [0, 0.1) is 18.7 Å². The largest absolute Gasteiger partial charge is 0.378 e. The van der Waals surface area contributed by atoms with Gasteiger partial charge in [-0.3, -0.25) is 20.4 Å². The third-order valence-corrected chi connectivity index (χ3v) is 7.62. The van der Waals surface area contributed by atoms with Gasteiger partial charge in [-0.2, -0.15) is 4.72 Å². The molecule has 33 heavy (non-hydrogen) atoms. The zero-order valence-corrected chi connectivity index (χ0v) is 20.1. The maximum Gasteiger partial charge on any atom is 0.281 e. The standard InChI is InChI=1S/C20H26FN5O5S2/c1-12(2)16(25-33(29,30)15-7-5-4-6-14(15)21)18(27)23-24-19(28)17-13(3)22-20(32-17)26-8-10-31-11-9-26/h4-7,12,16,25H,8-11H2,1-3H3,(H,23,27)(H,24,28)/t16-/m0/s1. The van der Waals surface area contributed by atoms with E-state index >= 15 is 0 Å². The molecule has 1 atom stereocenters. The summed E-state index contributed by atoms with van der Waals surface area (Å²) in [6.45, 7) is 7.43. The molecule has 1 saturated heterocycles. The number of aromatic nitrogens is 1. The molecule has 3 N–H and O–H groups in total. The highest BCUT2D eigenvalue weighted by molar-refractivity contribution is 7.89. The lowest BCUT2D eigenvalue weighted by molar-refractivity contribution is -0.124. The van der Waals surface area contributed by atoms with E-state index in [2.05, 4.69) is 20.6 Å². The minimum Gasteiger partial charge on any atom is -0.378 e. The number of thiazole rings is 1. The molecule has 0 saturated carbocycles. The average molecular weight is 500 g/mol. The number of sulfonamides is 1. The van der Waals surface area contributed by atoms with Crippen molar-refractivity contribution in [1.29, 1.82) is 0 Å². The fourth-order valence-electron chi connectivity index (χ4n) is 3.12. The lowest BCUT2D eigenvalue weighted by atomic mass is 10.1. The first-order valence-corrected chi connectivity index (χ1v) is 12.6. The third-order valence-electron chi connectivity index (χ3n) is 4.93. The molecule has 3 rings (SSSR count). The molecule has 1 fully saturated rings. The summed E-state index contributed by atoms with van der Waals surface area (Å²) < 4.78 is 46.7. The number of carbonyl (C=O) groups excluding carboxylic acids is 2. The summed E-state index contributed by atoms with van der Waals surface area (Å²) in [5.74, 6) is -2.77. The van der Waals surface area contributed by atoms with Crippen LogP contribution in [0.3, 0.4) is 0 Å². The number of benzene rings is 1. The van der Waals surface area contributed by atoms with E-state index in [1.807, 2.05) is 4.90 Å². The molecule has 180 valence electrons. The summed E-state index contributed by atoms with van der Waals surface area (Å²) in [4.78, 5) is 31.5. The van der Waals surface area contributed by atoms with Gasteiger partial charge in [0.1, 0.15) is 21.6 Å². The Morgan fingerprint density at radius 2 is 1.85 bits per heavy atom. The summed E-state index contributed by atoms with van der Waals surface area (Å²) in [7, 11) is -4.31. The number of halogens is 1. The predicted octanol–water partition coefficient (Wildman–Crippen LogP) is 1.19. The van der Waals surface area contributed by atoms with Crippen LogP contribution in [0.25, 0.3) is 0 Å². The molecule has 10 nitrogen and oxygen atoms in total. The third kappa shape index (κ3) is 6.05. The van der Waals surface area contributed by atoms with Gasteiger partial charge in [-0.05, 0) is 25.0 Å². The topological polar surface area (TPSA) is 130 Å². The number of hydrogen-bond acceptors (Lipinski definition) is 8. The molecule has 0 spiro atoms. The predicted molar refractivity (Wildman–Crippen MR) is 121 cm³/mol. The van der Waals surface area contributed by atoms with Gasteiger partial charge < -0.3 is 9.64 Å². The number of carbonyl (C=O) groups is 2. The molecule has 1 aromatic heterocycles. The summed E-state index contributed by atoms with van der Waals surface area (Å²) in [6.07, 6.45) is 0. The molecule has 1 aliphatic heterocycles. The van der Waals surface area contributed by atoms with Crippen molar-refractivity contribution in [2.45, 2.75) is 31.7 Å². The monoisotopic (exact) mass is 499 g/mol. The van der Waals surface area contributed by atoms with E-state index in [4.69, 9.17) is 4.74 Å². The second kappa shape index (κ2) is 10.5. The molecule has 2 amide bonds. The van der Waals surface area contributed by atoms with Gasteiger partial charge in [-0.25, -0.2) is 17.8 Å². The number of ether oxygens (including phenoxy) is 1. The van der Waals surface area contributed by atoms with E-state index in [0.717, 1.165) is 12.1 Å². The normalized spacial score (nSPS) is 15.4. The highest BCUT2D eigenvalue weighted by Gasteiger charge is 2.30. The zero-order valence-electron chi connectivity index (χ0n) is 18.4. The molecule has 2 heterocycles. The SMILES string of the molecule is Cc1nc(N2CCOCC2)sc1C(=O)NNC(=O)[C@@H](NS(=O)(=O)c1ccccc1F)C(C)C. The highest BCUT2D eigenvalue weighted by Crippen LogP contribution is 2.26. The second-order valence-corrected chi connectivity index (χ2v) is 10.4. The van der Waals surface area contributed by atoms with Crippen LogP contribution in [-0.4, -0.2) is 57.6 Å². The Hall–Kier alpha value is -2.61. The van der Waals surface area contributed by atoms with E-state index in [1.165, 1.54) is 23.5 Å². The molecule has 0 radical (unpaired) electrons. The van der Waals surface area contributed by atoms with E-state index in [9.17, 15) is 22.4 Å². The highest BCUT2D eigenvalue weighted by atomic mass is 32.2. The number of hydrogen-bond donors (Lipinski definition) is 3. The van der Waals surface area contributed by atoms with Crippen molar-refractivity contribution in [2.75, 3.05) is 31.2 Å². The van der Waals surface area contributed by atoms with Gasteiger partial charge in [0.2, 0.25) is 10.0 Å². The van der Waals surface area contributed by atoms with Crippen molar-refractivity contribution in [3.63, 3.8) is 0 Å². The van der Waals surface area contributed by atoms with Crippen molar-refractivity contribution in [3.05, 3.63) is 40.7 Å². The quantitative estimate of drug-likeness (QED) is 0.488. The Balaban J connectivity index is 1.66. The van der Waals surface area contributed by atoms with Crippen LogP contribution in [0.4, 0.5) is 9.52 Å². The minimum absolute atomic E-state index is 0.324. The number of amides is 2. The lowest BCUT2D eigenvalue weighted by Gasteiger charge is -2.26. The Morgan fingerprint density at radius 3 is 2.48 bits per heavy atom. The number of anilines is 1. The van der Waals surface area contributed by atoms with Crippen molar-refractivity contribution in [3.8, 4) is 0 Å². The summed E-state index contributed by atoms with van der Waals surface area (Å²) in [6, 6.07) is 3.61. The Kier molecular flexibility index (Phi) is 8.00. The van der Waals surface area contributed by atoms with Gasteiger partial charge in [0.05, 0.1) is 18.9 Å². The molecule has 0 unspecified atom stereocenters. The van der Waals surface area contributed by atoms with Gasteiger partial charge in [0, 0.05) is 13.1 Å². The Labute approximate surface area is 195 Å². The van der Waals surface area contributed by atoms with Crippen LogP contribution in [0.2, 0.25) is 0 Å². The van der Waals surface area contributed by atoms with E-state index in [1.54, 1.807) is 20.8 Å². The molecule has 13 heteroatoms. The summed E-state index contributed by atoms with van der Waals surface area (Å²) in [5, 5.41) is 0.685. The number of hydrazine groups is 1. The van der Waals surface area contributed by atoms with Crippen LogP contribution in [0.15, 0.2) is 29.2 Å². The average Bonchev–Trinajstić information content (AvgIpc) is 3.18. The minimum atomic E-state index is -4.31. The molecular weight excluding hydrogens is 473 g/mol. The van der Waals surface area contributed by atoms with Crippen molar-refractivity contribution < 1.29 is 27.1 Å². The number of morpholine rings is 1. The number of nitrogens with one attached hydrogen (secondary N) is 3. The fourth-order valence-corrected chi connectivity index (χ4v) is 5.56. The van der Waals surface area contributed by atoms with Crippen molar-refractivity contribution in [2.24, 2.45) is 5.92 Å². The molecule has 1 aliphatic rings. The molecule has 0 bridgehead atoms. The van der Waals surface area contributed by atoms with Crippen LogP contribution in [0.1, 0.15) is 29.2 Å². The van der Waals surface area contributed by atoms with E-state index in [0.29, 0.717) is 42.0 Å². The summed E-state index contributed by atoms with van der Waals surface area (Å²) in [5.41, 5.74) is 5.07. The number of nitrogens with zero attached hydrogens (tertiary/aromatic N) is 2. The van der Waals surface area contributed by atoms with Crippen LogP contribution < -0.4 is 20.5 Å². The van der Waals surface area contributed by atoms with Gasteiger partial charge in [0.25, 0.3) is 11.8 Å². The molecular formula is C20H26FN5O5S2. The summed E-state index contributed by atoms with van der Waals surface area (Å²) >= 11 is 1.19. The van der Waals surface area contributed by atoms with Crippen LogP contribution >= 0.6 is 11.3 Å². The first kappa shape index (κ1) is 25.0. The maximum absolute atomic E-state index is 14.0. The molecule has 0 aliphatic carbocycles. The van der Waals surface area contributed by atoms with Gasteiger partial charge >= 0.3 is 0 Å². The van der Waals surface area contributed by atoms with Crippen LogP contribution in [0.5, 0.6) is 0 Å². The zero-order chi connectivity index (χ0) is 24.2. The van der Waals surface area contributed by atoms with Crippen LogP contribution in [-0.2, 0) is 19.6 Å². The smallest absolute Gasteiger partial charge is 0.281 e. The molecule has 1 aromatic carbocycles. The van der Waals surface area contributed by atoms with Gasteiger partial charge in [0.15, 0.2) is 5.13 Å². The number of rotatable bonds is 7. The van der Waals surface area contributed by atoms with Gasteiger partial charge in [-0.15, -0.1) is 0 Å². The first-order valence-electron chi connectivity index (χ1n) is 10.3. The Morgan fingerprint density at radius 1 is 1.18 bits per heavy atom.